The van der Waals surface area contributed by atoms with Gasteiger partial charge in [-0.1, -0.05) is 45.6 Å². The molecule has 0 aromatic carbocycles. The van der Waals surface area contributed by atoms with Gasteiger partial charge in [-0.3, -0.25) is 14.8 Å². The molecule has 0 saturated carbocycles. The zero-order chi connectivity index (χ0) is 21.5. The van der Waals surface area contributed by atoms with E-state index < -0.39 is 5.97 Å². The van der Waals surface area contributed by atoms with Crippen LogP contribution in [0.4, 0.5) is 0 Å². The normalized spacial score (nSPS) is 14.9. The fraction of sp³-hybridized carbons (Fsp3) is 0.375. The number of pyridine rings is 2. The molecule has 2 heterocycles. The molecule has 0 aliphatic heterocycles. The highest BCUT2D eigenvalue weighted by atomic mass is 16.5. The Bertz CT molecular complexity index is 969. The fourth-order valence-corrected chi connectivity index (χ4v) is 3.72. The van der Waals surface area contributed by atoms with Gasteiger partial charge < -0.3 is 4.74 Å². The van der Waals surface area contributed by atoms with E-state index in [-0.39, 0.29) is 23.7 Å². The van der Waals surface area contributed by atoms with Crippen LogP contribution < -0.4 is 0 Å². The molecule has 3 rings (SSSR count). The number of unbranched alkanes of at least 4 members (excludes halogenated alkanes) is 1. The van der Waals surface area contributed by atoms with E-state index in [0.29, 0.717) is 28.3 Å². The minimum atomic E-state index is -0.696. The van der Waals surface area contributed by atoms with Crippen molar-refractivity contribution in [3.8, 4) is 6.07 Å². The van der Waals surface area contributed by atoms with E-state index >= 15 is 0 Å². The maximum absolute atomic E-state index is 12.8. The SMILES string of the molecule is CCCCC(CC)CCOC(=O)/C(C#N)=C1\c2cccnc2C(=O)c2cccnc21. The number of hydrogen-bond acceptors (Lipinski definition) is 6. The molecule has 0 spiro atoms. The quantitative estimate of drug-likeness (QED) is 0.312. The van der Waals surface area contributed by atoms with Gasteiger partial charge in [0.05, 0.1) is 17.9 Å². The van der Waals surface area contributed by atoms with Crippen molar-refractivity contribution < 1.29 is 14.3 Å². The number of aromatic nitrogens is 2. The summed E-state index contributed by atoms with van der Waals surface area (Å²) in [4.78, 5) is 34.1. The van der Waals surface area contributed by atoms with Gasteiger partial charge in [-0.25, -0.2) is 4.79 Å². The summed E-state index contributed by atoms with van der Waals surface area (Å²) < 4.78 is 5.47. The Balaban J connectivity index is 1.92. The number of nitriles is 1. The first-order valence-corrected chi connectivity index (χ1v) is 10.4. The monoisotopic (exact) mass is 403 g/mol. The number of carbonyl (C=O) groups excluding carboxylic acids is 2. The molecule has 0 bridgehead atoms. The van der Waals surface area contributed by atoms with Gasteiger partial charge in [0.1, 0.15) is 17.3 Å². The lowest BCUT2D eigenvalue weighted by atomic mass is 9.85. The van der Waals surface area contributed by atoms with Crippen LogP contribution in [0.1, 0.15) is 73.3 Å². The second-order valence-electron chi connectivity index (χ2n) is 7.33. The number of carbonyl (C=O) groups is 2. The Morgan fingerprint density at radius 2 is 1.80 bits per heavy atom. The second-order valence-corrected chi connectivity index (χ2v) is 7.33. The molecule has 1 aliphatic rings. The van der Waals surface area contributed by atoms with Crippen molar-refractivity contribution >= 4 is 17.3 Å². The summed E-state index contributed by atoms with van der Waals surface area (Å²) in [5, 5.41) is 9.79. The van der Waals surface area contributed by atoms with Gasteiger partial charge in [0.25, 0.3) is 0 Å². The van der Waals surface area contributed by atoms with Gasteiger partial charge in [0, 0.05) is 23.5 Å². The van der Waals surface area contributed by atoms with Crippen molar-refractivity contribution in [2.75, 3.05) is 6.61 Å². The predicted molar refractivity (Wildman–Crippen MR) is 112 cm³/mol. The summed E-state index contributed by atoms with van der Waals surface area (Å²) in [6, 6.07) is 8.60. The Morgan fingerprint density at radius 3 is 2.47 bits per heavy atom. The van der Waals surface area contributed by atoms with E-state index in [2.05, 4.69) is 23.8 Å². The molecule has 0 saturated heterocycles. The van der Waals surface area contributed by atoms with Crippen LogP contribution in [0.15, 0.2) is 42.2 Å². The Labute approximate surface area is 176 Å². The summed E-state index contributed by atoms with van der Waals surface area (Å²) in [5.41, 5.74) is 1.42. The summed E-state index contributed by atoms with van der Waals surface area (Å²) in [6.07, 6.45) is 8.24. The third-order valence-electron chi connectivity index (χ3n) is 5.45. The standard InChI is InChI=1S/C24H25N3O3/c1-3-5-8-16(4-2)11-14-30-24(29)19(15-25)20-17-9-6-13-27-22(17)23(28)18-10-7-12-26-21(18)20/h6-7,9-10,12-13,16H,3-5,8,11,14H2,1-2H3/b20-19+. The van der Waals surface area contributed by atoms with Gasteiger partial charge in [0.2, 0.25) is 5.78 Å². The van der Waals surface area contributed by atoms with E-state index in [1.165, 1.54) is 12.4 Å². The highest BCUT2D eigenvalue weighted by Crippen LogP contribution is 2.35. The van der Waals surface area contributed by atoms with Gasteiger partial charge >= 0.3 is 5.97 Å². The van der Waals surface area contributed by atoms with Crippen molar-refractivity contribution in [2.45, 2.75) is 46.0 Å². The molecule has 6 heteroatoms. The molecule has 2 aromatic rings. The molecule has 0 amide bonds. The predicted octanol–water partition coefficient (Wildman–Crippen LogP) is 4.50. The Morgan fingerprint density at radius 1 is 1.10 bits per heavy atom. The van der Waals surface area contributed by atoms with Crippen LogP contribution in [0.3, 0.4) is 0 Å². The fourth-order valence-electron chi connectivity index (χ4n) is 3.72. The van der Waals surface area contributed by atoms with Crippen LogP contribution >= 0.6 is 0 Å². The molecule has 6 nitrogen and oxygen atoms in total. The first kappa shape index (κ1) is 21.4. The third kappa shape index (κ3) is 4.30. The molecule has 154 valence electrons. The zero-order valence-corrected chi connectivity index (χ0v) is 17.4. The van der Waals surface area contributed by atoms with E-state index in [4.69, 9.17) is 4.74 Å². The number of hydrogen-bond donors (Lipinski definition) is 0. The van der Waals surface area contributed by atoms with E-state index in [1.54, 1.807) is 24.3 Å². The molecule has 1 atom stereocenters. The highest BCUT2D eigenvalue weighted by molar-refractivity contribution is 6.20. The van der Waals surface area contributed by atoms with E-state index in [0.717, 1.165) is 32.1 Å². The first-order chi connectivity index (χ1) is 14.6. The summed E-state index contributed by atoms with van der Waals surface area (Å²) in [7, 11) is 0. The summed E-state index contributed by atoms with van der Waals surface area (Å²) in [5.74, 6) is -0.473. The highest BCUT2D eigenvalue weighted by Gasteiger charge is 2.33. The minimum Gasteiger partial charge on any atom is -0.462 e. The largest absolute Gasteiger partial charge is 0.462 e. The van der Waals surface area contributed by atoms with E-state index in [9.17, 15) is 14.9 Å². The molecule has 1 aliphatic carbocycles. The molecule has 0 N–H and O–H groups in total. The lowest BCUT2D eigenvalue weighted by Crippen LogP contribution is -2.20. The van der Waals surface area contributed by atoms with Crippen molar-refractivity contribution in [3.05, 3.63) is 64.7 Å². The molecular formula is C24H25N3O3. The number of rotatable bonds is 8. The topological polar surface area (TPSA) is 92.9 Å². The summed E-state index contributed by atoms with van der Waals surface area (Å²) in [6.45, 7) is 4.55. The number of esters is 1. The summed E-state index contributed by atoms with van der Waals surface area (Å²) >= 11 is 0. The second kappa shape index (κ2) is 9.93. The maximum atomic E-state index is 12.8. The average molecular weight is 403 g/mol. The molecular weight excluding hydrogens is 378 g/mol. The number of nitrogens with zero attached hydrogens (tertiary/aromatic N) is 3. The smallest absolute Gasteiger partial charge is 0.349 e. The average Bonchev–Trinajstić information content (AvgIpc) is 2.78. The molecule has 2 aromatic heterocycles. The van der Waals surface area contributed by atoms with Crippen LogP contribution in [0, 0.1) is 17.2 Å². The van der Waals surface area contributed by atoms with Gasteiger partial charge in [-0.05, 0) is 30.5 Å². The number of fused-ring (bicyclic) bond motifs is 2. The lowest BCUT2D eigenvalue weighted by molar-refractivity contribution is -0.138. The minimum absolute atomic E-state index is 0.154. The van der Waals surface area contributed by atoms with Crippen LogP contribution in [0.5, 0.6) is 0 Å². The van der Waals surface area contributed by atoms with Crippen molar-refractivity contribution in [1.29, 1.82) is 5.26 Å². The van der Waals surface area contributed by atoms with E-state index in [1.807, 2.05) is 6.07 Å². The Hall–Kier alpha value is -3.33. The lowest BCUT2D eigenvalue weighted by Gasteiger charge is -2.20. The van der Waals surface area contributed by atoms with Crippen molar-refractivity contribution in [3.63, 3.8) is 0 Å². The molecule has 30 heavy (non-hydrogen) atoms. The third-order valence-corrected chi connectivity index (χ3v) is 5.45. The maximum Gasteiger partial charge on any atom is 0.349 e. The molecule has 1 unspecified atom stereocenters. The molecule has 0 fully saturated rings. The van der Waals surface area contributed by atoms with Crippen molar-refractivity contribution in [2.24, 2.45) is 5.92 Å². The van der Waals surface area contributed by atoms with Crippen LogP contribution in [-0.2, 0) is 9.53 Å². The van der Waals surface area contributed by atoms with Crippen molar-refractivity contribution in [1.82, 2.24) is 9.97 Å². The Kier molecular flexibility index (Phi) is 7.08. The number of ether oxygens (including phenoxy) is 1. The molecule has 0 radical (unpaired) electrons. The number of ketones is 1. The van der Waals surface area contributed by atoms with Gasteiger partial charge in [0.15, 0.2) is 0 Å². The van der Waals surface area contributed by atoms with Crippen LogP contribution in [0.25, 0.3) is 5.57 Å². The van der Waals surface area contributed by atoms with Crippen LogP contribution in [0.2, 0.25) is 0 Å². The zero-order valence-electron chi connectivity index (χ0n) is 17.4. The van der Waals surface area contributed by atoms with Gasteiger partial charge in [-0.2, -0.15) is 5.26 Å². The first-order valence-electron chi connectivity index (χ1n) is 10.4. The van der Waals surface area contributed by atoms with Crippen LogP contribution in [-0.4, -0.2) is 28.3 Å². The van der Waals surface area contributed by atoms with Gasteiger partial charge in [-0.15, -0.1) is 0 Å².